The fourth-order valence-electron chi connectivity index (χ4n) is 2.23. The summed E-state index contributed by atoms with van der Waals surface area (Å²) in [4.78, 5) is 11.3. The van der Waals surface area contributed by atoms with E-state index in [1.165, 1.54) is 0 Å². The molecule has 1 N–H and O–H groups in total. The maximum Gasteiger partial charge on any atom is 0.193 e. The van der Waals surface area contributed by atoms with Gasteiger partial charge in [-0.2, -0.15) is 0 Å². The van der Waals surface area contributed by atoms with Gasteiger partial charge in [0.25, 0.3) is 0 Å². The van der Waals surface area contributed by atoms with Crippen molar-refractivity contribution in [3.8, 4) is 0 Å². The number of guanidine groups is 1. The lowest BCUT2D eigenvalue weighted by molar-refractivity contribution is 0.477. The molecule has 0 aliphatic heterocycles. The molecule has 1 aromatic carbocycles. The molecule has 0 spiro atoms. The van der Waals surface area contributed by atoms with Crippen molar-refractivity contribution in [1.29, 1.82) is 0 Å². The molecule has 0 saturated heterocycles. The van der Waals surface area contributed by atoms with Crippen LogP contribution >= 0.6 is 22.9 Å². The first-order valence-electron chi connectivity index (χ1n) is 7.74. The molecule has 4 nitrogen and oxygen atoms in total. The number of aryl methyl sites for hydroxylation is 1. The Morgan fingerprint density at radius 3 is 2.83 bits per heavy atom. The Hall–Kier alpha value is -1.59. The number of rotatable bonds is 6. The van der Waals surface area contributed by atoms with Gasteiger partial charge < -0.3 is 10.2 Å². The Bertz CT molecular complexity index is 654. The molecule has 23 heavy (non-hydrogen) atoms. The molecule has 2 aromatic rings. The standard InChI is InChI=1S/C17H23ClN4S/c1-4-19-17(20-10-9-15-12-23-13(2)21-15)22(3)11-14-7-5-6-8-16(14)18/h5-8,12H,4,9-11H2,1-3H3,(H,19,20). The molecule has 0 aliphatic carbocycles. The van der Waals surface area contributed by atoms with E-state index in [0.29, 0.717) is 0 Å². The van der Waals surface area contributed by atoms with Crippen molar-refractivity contribution in [3.05, 3.63) is 50.9 Å². The Morgan fingerprint density at radius 1 is 1.39 bits per heavy atom. The van der Waals surface area contributed by atoms with Crippen LogP contribution in [0.3, 0.4) is 0 Å². The number of hydrogen-bond acceptors (Lipinski definition) is 3. The van der Waals surface area contributed by atoms with Crippen LogP contribution in [-0.4, -0.2) is 36.0 Å². The Morgan fingerprint density at radius 2 is 2.17 bits per heavy atom. The SMILES string of the molecule is CCNC(=NCCc1csc(C)n1)N(C)Cc1ccccc1Cl. The predicted molar refractivity (Wildman–Crippen MR) is 99.5 cm³/mol. The minimum absolute atomic E-state index is 0.721. The van der Waals surface area contributed by atoms with Crippen molar-refractivity contribution >= 4 is 28.9 Å². The molecule has 0 radical (unpaired) electrons. The lowest BCUT2D eigenvalue weighted by atomic mass is 10.2. The van der Waals surface area contributed by atoms with Crippen molar-refractivity contribution < 1.29 is 0 Å². The van der Waals surface area contributed by atoms with Gasteiger partial charge in [0.1, 0.15) is 0 Å². The average molecular weight is 351 g/mol. The molecule has 1 aromatic heterocycles. The first-order chi connectivity index (χ1) is 11.1. The first-order valence-corrected chi connectivity index (χ1v) is 8.99. The maximum atomic E-state index is 6.24. The lowest BCUT2D eigenvalue weighted by Crippen LogP contribution is -2.38. The fraction of sp³-hybridized carbons (Fsp3) is 0.412. The highest BCUT2D eigenvalue weighted by Gasteiger charge is 2.08. The normalized spacial score (nSPS) is 11.6. The van der Waals surface area contributed by atoms with Gasteiger partial charge in [-0.05, 0) is 25.5 Å². The van der Waals surface area contributed by atoms with Crippen LogP contribution in [0.1, 0.15) is 23.2 Å². The van der Waals surface area contributed by atoms with E-state index in [4.69, 9.17) is 16.6 Å². The van der Waals surface area contributed by atoms with Gasteiger partial charge in [0, 0.05) is 43.5 Å². The molecule has 0 amide bonds. The van der Waals surface area contributed by atoms with Crippen molar-refractivity contribution in [2.24, 2.45) is 4.99 Å². The Kier molecular flexibility index (Phi) is 6.86. The van der Waals surface area contributed by atoms with Gasteiger partial charge >= 0.3 is 0 Å². The summed E-state index contributed by atoms with van der Waals surface area (Å²) in [5, 5.41) is 7.32. The molecule has 0 unspecified atom stereocenters. The van der Waals surface area contributed by atoms with Gasteiger partial charge in [0.2, 0.25) is 0 Å². The molecule has 0 atom stereocenters. The van der Waals surface area contributed by atoms with Gasteiger partial charge in [-0.25, -0.2) is 4.98 Å². The number of thiazole rings is 1. The highest BCUT2D eigenvalue weighted by atomic mass is 35.5. The van der Waals surface area contributed by atoms with Gasteiger partial charge in [0.15, 0.2) is 5.96 Å². The van der Waals surface area contributed by atoms with E-state index in [2.05, 4.69) is 27.5 Å². The molecule has 6 heteroatoms. The molecule has 124 valence electrons. The first kappa shape index (κ1) is 17.8. The molecule has 1 heterocycles. The zero-order chi connectivity index (χ0) is 16.7. The van der Waals surface area contributed by atoms with Gasteiger partial charge in [-0.15, -0.1) is 11.3 Å². The molecule has 0 aliphatic rings. The second-order valence-electron chi connectivity index (χ2n) is 5.29. The van der Waals surface area contributed by atoms with Crippen LogP contribution in [0.4, 0.5) is 0 Å². The predicted octanol–water partition coefficient (Wildman–Crippen LogP) is 3.74. The quantitative estimate of drug-likeness (QED) is 0.637. The third kappa shape index (κ3) is 5.52. The number of nitrogens with one attached hydrogen (secondary N) is 1. The zero-order valence-corrected chi connectivity index (χ0v) is 15.4. The summed E-state index contributed by atoms with van der Waals surface area (Å²) >= 11 is 7.93. The van der Waals surface area contributed by atoms with Crippen molar-refractivity contribution in [2.75, 3.05) is 20.1 Å². The summed E-state index contributed by atoms with van der Waals surface area (Å²) in [6, 6.07) is 7.91. The van der Waals surface area contributed by atoms with Crippen LogP contribution in [0.5, 0.6) is 0 Å². The van der Waals surface area contributed by atoms with E-state index in [1.807, 2.05) is 38.2 Å². The smallest absolute Gasteiger partial charge is 0.193 e. The molecule has 0 bridgehead atoms. The minimum Gasteiger partial charge on any atom is -0.357 e. The molecular weight excluding hydrogens is 328 g/mol. The summed E-state index contributed by atoms with van der Waals surface area (Å²) in [5.41, 5.74) is 2.21. The maximum absolute atomic E-state index is 6.24. The largest absolute Gasteiger partial charge is 0.357 e. The van der Waals surface area contributed by atoms with Gasteiger partial charge in [-0.3, -0.25) is 4.99 Å². The summed E-state index contributed by atoms with van der Waals surface area (Å²) in [6.07, 6.45) is 0.860. The molecular formula is C17H23ClN4S. The van der Waals surface area contributed by atoms with Crippen LogP contribution in [0.25, 0.3) is 0 Å². The second-order valence-corrected chi connectivity index (χ2v) is 6.76. The van der Waals surface area contributed by atoms with Crippen LogP contribution in [0.2, 0.25) is 5.02 Å². The average Bonchev–Trinajstić information content (AvgIpc) is 2.94. The third-order valence-electron chi connectivity index (χ3n) is 3.36. The van der Waals surface area contributed by atoms with Crippen molar-refractivity contribution in [1.82, 2.24) is 15.2 Å². The summed E-state index contributed by atoms with van der Waals surface area (Å²) in [7, 11) is 2.03. The summed E-state index contributed by atoms with van der Waals surface area (Å²) in [5.74, 6) is 0.888. The Balaban J connectivity index is 1.98. The van der Waals surface area contributed by atoms with Crippen LogP contribution in [-0.2, 0) is 13.0 Å². The van der Waals surface area contributed by atoms with Crippen LogP contribution < -0.4 is 5.32 Å². The topological polar surface area (TPSA) is 40.5 Å². The van der Waals surface area contributed by atoms with E-state index in [-0.39, 0.29) is 0 Å². The number of nitrogens with zero attached hydrogens (tertiary/aromatic N) is 3. The number of aliphatic imine (C=N–C) groups is 1. The number of aromatic nitrogens is 1. The van der Waals surface area contributed by atoms with Crippen LogP contribution in [0, 0.1) is 6.92 Å². The second kappa shape index (κ2) is 8.89. The van der Waals surface area contributed by atoms with E-state index >= 15 is 0 Å². The van der Waals surface area contributed by atoms with E-state index in [9.17, 15) is 0 Å². The van der Waals surface area contributed by atoms with Gasteiger partial charge in [-0.1, -0.05) is 29.8 Å². The number of hydrogen-bond donors (Lipinski definition) is 1. The lowest BCUT2D eigenvalue weighted by Gasteiger charge is -2.22. The summed E-state index contributed by atoms with van der Waals surface area (Å²) in [6.45, 7) is 6.38. The number of benzene rings is 1. The van der Waals surface area contributed by atoms with Gasteiger partial charge in [0.05, 0.1) is 10.7 Å². The monoisotopic (exact) mass is 350 g/mol. The highest BCUT2D eigenvalue weighted by Crippen LogP contribution is 2.16. The molecule has 0 saturated carbocycles. The van der Waals surface area contributed by atoms with E-state index in [1.54, 1.807) is 11.3 Å². The van der Waals surface area contributed by atoms with E-state index < -0.39 is 0 Å². The summed E-state index contributed by atoms with van der Waals surface area (Å²) < 4.78 is 0. The van der Waals surface area contributed by atoms with E-state index in [0.717, 1.165) is 53.3 Å². The molecule has 0 fully saturated rings. The van der Waals surface area contributed by atoms with Crippen LogP contribution in [0.15, 0.2) is 34.6 Å². The number of halogens is 1. The van der Waals surface area contributed by atoms with Crippen molar-refractivity contribution in [2.45, 2.75) is 26.8 Å². The highest BCUT2D eigenvalue weighted by molar-refractivity contribution is 7.09. The minimum atomic E-state index is 0.721. The van der Waals surface area contributed by atoms with Crippen molar-refractivity contribution in [3.63, 3.8) is 0 Å². The Labute approximate surface area is 147 Å². The molecule has 2 rings (SSSR count). The third-order valence-corrected chi connectivity index (χ3v) is 4.55. The fourth-order valence-corrected chi connectivity index (χ4v) is 3.07. The zero-order valence-electron chi connectivity index (χ0n) is 13.8.